The lowest BCUT2D eigenvalue weighted by atomic mass is 10.2. The Kier molecular flexibility index (Phi) is 5.72. The van der Waals surface area contributed by atoms with Crippen molar-refractivity contribution in [1.29, 1.82) is 0 Å². The number of benzene rings is 1. The van der Waals surface area contributed by atoms with Crippen molar-refractivity contribution >= 4 is 16.9 Å². The topological polar surface area (TPSA) is 95.2 Å². The van der Waals surface area contributed by atoms with Crippen LogP contribution in [0.3, 0.4) is 0 Å². The lowest BCUT2D eigenvalue weighted by molar-refractivity contribution is 0.0329. The van der Waals surface area contributed by atoms with Crippen LogP contribution >= 0.6 is 0 Å². The third kappa shape index (κ3) is 4.08. The van der Waals surface area contributed by atoms with Gasteiger partial charge in [0, 0.05) is 13.2 Å². The van der Waals surface area contributed by atoms with Gasteiger partial charge in [0.25, 0.3) is 0 Å². The van der Waals surface area contributed by atoms with Crippen LogP contribution in [0.1, 0.15) is 17.5 Å². The zero-order valence-corrected chi connectivity index (χ0v) is 12.9. The molecular formula is C16H18O7. The van der Waals surface area contributed by atoms with Gasteiger partial charge in [-0.1, -0.05) is 6.07 Å². The molecule has 1 N–H and O–H groups in total. The highest BCUT2D eigenvalue weighted by Crippen LogP contribution is 2.23. The van der Waals surface area contributed by atoms with Gasteiger partial charge in [0.2, 0.25) is 5.76 Å². The van der Waals surface area contributed by atoms with Crippen LogP contribution in [-0.4, -0.2) is 44.1 Å². The fraction of sp³-hybridized carbons (Fsp3) is 0.375. The normalized spacial score (nSPS) is 12.1. The highest BCUT2D eigenvalue weighted by molar-refractivity contribution is 5.90. The lowest BCUT2D eigenvalue weighted by Crippen LogP contribution is -2.23. The molecule has 0 amide bonds. The van der Waals surface area contributed by atoms with Gasteiger partial charge in [-0.25, -0.2) is 4.79 Å². The number of carbonyl (C=O) groups excluding carboxylic acids is 1. The minimum absolute atomic E-state index is 0.0357. The van der Waals surface area contributed by atoms with Crippen molar-refractivity contribution in [2.24, 2.45) is 0 Å². The van der Waals surface area contributed by atoms with E-state index in [1.54, 1.807) is 25.1 Å². The van der Waals surface area contributed by atoms with E-state index in [9.17, 15) is 14.7 Å². The molecule has 7 nitrogen and oxygen atoms in total. The summed E-state index contributed by atoms with van der Waals surface area (Å²) in [6, 6.07) is 5.83. The van der Waals surface area contributed by atoms with Gasteiger partial charge in [-0.05, 0) is 19.1 Å². The Balaban J connectivity index is 2.34. The Morgan fingerprint density at radius 2 is 2.13 bits per heavy atom. The SMILES string of the molecule is CCOC(=O)c1cc(=O)c2c(OCC(O)COC)cccc2o1. The van der Waals surface area contributed by atoms with Crippen LogP contribution in [0, 0.1) is 0 Å². The van der Waals surface area contributed by atoms with Crippen molar-refractivity contribution in [1.82, 2.24) is 0 Å². The number of esters is 1. The van der Waals surface area contributed by atoms with Gasteiger partial charge in [-0.15, -0.1) is 0 Å². The van der Waals surface area contributed by atoms with Crippen molar-refractivity contribution in [3.8, 4) is 5.75 Å². The Morgan fingerprint density at radius 3 is 2.83 bits per heavy atom. The molecule has 0 fully saturated rings. The first-order chi connectivity index (χ1) is 11.1. The molecule has 1 heterocycles. The van der Waals surface area contributed by atoms with E-state index >= 15 is 0 Å². The van der Waals surface area contributed by atoms with Crippen molar-refractivity contribution < 1.29 is 28.5 Å². The summed E-state index contributed by atoms with van der Waals surface area (Å²) < 4.78 is 20.5. The molecule has 0 aliphatic rings. The van der Waals surface area contributed by atoms with Gasteiger partial charge < -0.3 is 23.7 Å². The van der Waals surface area contributed by atoms with Crippen LogP contribution < -0.4 is 10.2 Å². The lowest BCUT2D eigenvalue weighted by Gasteiger charge is -2.12. The summed E-state index contributed by atoms with van der Waals surface area (Å²) in [6.45, 7) is 1.92. The first kappa shape index (κ1) is 17.0. The Labute approximate surface area is 132 Å². The molecule has 2 rings (SSSR count). The van der Waals surface area contributed by atoms with Gasteiger partial charge >= 0.3 is 5.97 Å². The third-order valence-corrected chi connectivity index (χ3v) is 2.98. The third-order valence-electron chi connectivity index (χ3n) is 2.98. The maximum absolute atomic E-state index is 12.3. The predicted molar refractivity (Wildman–Crippen MR) is 81.8 cm³/mol. The number of rotatable bonds is 7. The quantitative estimate of drug-likeness (QED) is 0.769. The van der Waals surface area contributed by atoms with E-state index < -0.39 is 17.5 Å². The van der Waals surface area contributed by atoms with Crippen molar-refractivity contribution in [3.63, 3.8) is 0 Å². The van der Waals surface area contributed by atoms with Crippen molar-refractivity contribution in [2.75, 3.05) is 26.9 Å². The number of carbonyl (C=O) groups is 1. The highest BCUT2D eigenvalue weighted by atomic mass is 16.5. The molecule has 0 aliphatic carbocycles. The van der Waals surface area contributed by atoms with E-state index in [4.69, 9.17) is 18.6 Å². The number of hydrogen-bond donors (Lipinski definition) is 1. The van der Waals surface area contributed by atoms with E-state index in [0.717, 1.165) is 6.07 Å². The van der Waals surface area contributed by atoms with Crippen LogP contribution in [0.25, 0.3) is 11.0 Å². The largest absolute Gasteiger partial charge is 0.490 e. The number of ether oxygens (including phenoxy) is 3. The number of methoxy groups -OCH3 is 1. The number of fused-ring (bicyclic) bond motifs is 1. The Morgan fingerprint density at radius 1 is 1.35 bits per heavy atom. The van der Waals surface area contributed by atoms with Crippen LogP contribution in [0.4, 0.5) is 0 Å². The molecule has 1 unspecified atom stereocenters. The molecule has 2 aromatic rings. The van der Waals surface area contributed by atoms with E-state index in [2.05, 4.69) is 0 Å². The maximum Gasteiger partial charge on any atom is 0.374 e. The van der Waals surface area contributed by atoms with E-state index in [-0.39, 0.29) is 42.3 Å². The molecule has 1 aromatic heterocycles. The minimum Gasteiger partial charge on any atom is -0.490 e. The standard InChI is InChI=1S/C16H18O7/c1-3-21-16(19)14-7-11(18)15-12(5-4-6-13(15)23-14)22-9-10(17)8-20-2/h4-7,10,17H,3,8-9H2,1-2H3. The maximum atomic E-state index is 12.3. The first-order valence-corrected chi connectivity index (χ1v) is 7.10. The molecule has 0 saturated heterocycles. The number of aliphatic hydroxyl groups excluding tert-OH is 1. The molecule has 0 saturated carbocycles. The molecular weight excluding hydrogens is 304 g/mol. The second-order valence-corrected chi connectivity index (χ2v) is 4.74. The fourth-order valence-corrected chi connectivity index (χ4v) is 2.03. The molecule has 1 atom stereocenters. The Hall–Kier alpha value is -2.38. The van der Waals surface area contributed by atoms with Crippen LogP contribution in [0.5, 0.6) is 5.75 Å². The van der Waals surface area contributed by atoms with Crippen molar-refractivity contribution in [3.05, 3.63) is 40.2 Å². The molecule has 7 heteroatoms. The average molecular weight is 322 g/mol. The summed E-state index contributed by atoms with van der Waals surface area (Å²) in [5.74, 6) is -0.601. The number of aliphatic hydroxyl groups is 1. The molecule has 0 bridgehead atoms. The summed E-state index contributed by atoms with van der Waals surface area (Å²) in [7, 11) is 1.46. The van der Waals surface area contributed by atoms with E-state index in [1.807, 2.05) is 0 Å². The second kappa shape index (κ2) is 7.75. The number of hydrogen-bond acceptors (Lipinski definition) is 7. The summed E-state index contributed by atoms with van der Waals surface area (Å²) >= 11 is 0. The predicted octanol–water partition coefficient (Wildman–Crippen LogP) is 1.36. The zero-order chi connectivity index (χ0) is 16.8. The second-order valence-electron chi connectivity index (χ2n) is 4.74. The van der Waals surface area contributed by atoms with Crippen LogP contribution in [0.2, 0.25) is 0 Å². The van der Waals surface area contributed by atoms with Crippen LogP contribution in [-0.2, 0) is 9.47 Å². The van der Waals surface area contributed by atoms with Gasteiger partial charge in [0.1, 0.15) is 29.4 Å². The summed E-state index contributed by atoms with van der Waals surface area (Å²) in [4.78, 5) is 23.9. The first-order valence-electron chi connectivity index (χ1n) is 7.10. The zero-order valence-electron chi connectivity index (χ0n) is 12.9. The summed E-state index contributed by atoms with van der Waals surface area (Å²) in [6.07, 6.45) is -0.818. The van der Waals surface area contributed by atoms with Gasteiger partial charge in [-0.2, -0.15) is 0 Å². The van der Waals surface area contributed by atoms with Crippen LogP contribution in [0.15, 0.2) is 33.5 Å². The summed E-state index contributed by atoms with van der Waals surface area (Å²) in [5.41, 5.74) is -0.217. The molecule has 124 valence electrons. The van der Waals surface area contributed by atoms with E-state index in [1.165, 1.54) is 7.11 Å². The monoisotopic (exact) mass is 322 g/mol. The minimum atomic E-state index is -0.818. The fourth-order valence-electron chi connectivity index (χ4n) is 2.03. The molecule has 0 spiro atoms. The average Bonchev–Trinajstić information content (AvgIpc) is 2.53. The van der Waals surface area contributed by atoms with Gasteiger partial charge in [0.05, 0.1) is 13.2 Å². The molecule has 1 aromatic carbocycles. The van der Waals surface area contributed by atoms with Gasteiger partial charge in [0.15, 0.2) is 5.43 Å². The van der Waals surface area contributed by atoms with E-state index in [0.29, 0.717) is 0 Å². The highest BCUT2D eigenvalue weighted by Gasteiger charge is 2.16. The van der Waals surface area contributed by atoms with Crippen molar-refractivity contribution in [2.45, 2.75) is 13.0 Å². The smallest absolute Gasteiger partial charge is 0.374 e. The summed E-state index contributed by atoms with van der Waals surface area (Å²) in [5, 5.41) is 9.81. The molecule has 0 aliphatic heterocycles. The Bertz CT molecular complexity index is 735. The molecule has 0 radical (unpaired) electrons. The van der Waals surface area contributed by atoms with Gasteiger partial charge in [-0.3, -0.25) is 4.79 Å². The molecule has 23 heavy (non-hydrogen) atoms.